The Morgan fingerprint density at radius 2 is 1.23 bits per heavy atom. The molecule has 2 atom stereocenters. The Hall–Kier alpha value is -4.69. The van der Waals surface area contributed by atoms with Crippen molar-refractivity contribution in [3.63, 3.8) is 0 Å². The van der Waals surface area contributed by atoms with Gasteiger partial charge >= 0.3 is 16.1 Å². The predicted molar refractivity (Wildman–Crippen MR) is 245 cm³/mol. The molecule has 20 nitrogen and oxygen atoms in total. The van der Waals surface area contributed by atoms with Crippen molar-refractivity contribution in [3.05, 3.63) is 94.7 Å². The summed E-state index contributed by atoms with van der Waals surface area (Å²) < 4.78 is 237. The zero-order valence-electron chi connectivity index (χ0n) is 37.9. The molecule has 5 rings (SSSR count). The smallest absolute Gasteiger partial charge is 0.311 e. The largest absolute Gasteiger partial charge is 0.420 e. The van der Waals surface area contributed by atoms with Gasteiger partial charge in [-0.2, -0.15) is 55.4 Å². The van der Waals surface area contributed by atoms with E-state index < -0.39 is 129 Å². The van der Waals surface area contributed by atoms with E-state index in [1.807, 2.05) is 0 Å². The third kappa shape index (κ3) is 13.1. The van der Waals surface area contributed by atoms with Crippen molar-refractivity contribution >= 4 is 73.6 Å². The number of halogens is 4. The van der Waals surface area contributed by atoms with Gasteiger partial charge in [0.2, 0.25) is 23.1 Å². The summed E-state index contributed by atoms with van der Waals surface area (Å²) in [6.45, 7) is 3.66. The number of benzene rings is 3. The van der Waals surface area contributed by atoms with Crippen LogP contribution >= 0.6 is 0 Å². The lowest BCUT2D eigenvalue weighted by molar-refractivity contribution is -0.438. The average Bonchev–Trinajstić information content (AvgIpc) is 3.61. The fraction of sp³-hybridized carbons (Fsp3) is 0.429. The Labute approximate surface area is 407 Å². The molecule has 2 unspecified atom stereocenters. The van der Waals surface area contributed by atoms with Gasteiger partial charge in [0, 0.05) is 61.0 Å². The summed E-state index contributed by atoms with van der Waals surface area (Å²) in [6.07, 6.45) is 4.01. The summed E-state index contributed by atoms with van der Waals surface area (Å²) >= 11 is 0. The normalized spacial score (nSPS) is 19.3. The number of carbonyl (C=O) groups is 1. The van der Waals surface area contributed by atoms with E-state index in [4.69, 9.17) is 9.29 Å². The number of ether oxygens (including phenoxy) is 2. The number of anilines is 1. The van der Waals surface area contributed by atoms with Gasteiger partial charge in [0.1, 0.15) is 6.54 Å². The Kier molecular flexibility index (Phi) is 17.3. The monoisotopic (exact) mass is 1110 g/mol. The average molecular weight is 1110 g/mol. The highest BCUT2D eigenvalue weighted by atomic mass is 32.2. The van der Waals surface area contributed by atoms with Crippen LogP contribution in [0.5, 0.6) is 5.75 Å². The van der Waals surface area contributed by atoms with Crippen molar-refractivity contribution in [1.29, 1.82) is 0 Å². The zero-order valence-corrected chi connectivity index (χ0v) is 42.0. The van der Waals surface area contributed by atoms with E-state index in [1.54, 1.807) is 41.6 Å². The first-order chi connectivity index (χ1) is 32.7. The van der Waals surface area contributed by atoms with Crippen molar-refractivity contribution in [2.75, 3.05) is 43.2 Å². The van der Waals surface area contributed by atoms with Gasteiger partial charge < -0.3 is 14.4 Å². The summed E-state index contributed by atoms with van der Waals surface area (Å²) in [5.74, 6) is -14.6. The van der Waals surface area contributed by atoms with Gasteiger partial charge in [-0.05, 0) is 94.3 Å². The number of allylic oxidation sites excluding steroid dienone is 4. The quantitative estimate of drug-likeness (QED) is 0.0144. The molecule has 2 aliphatic rings. The van der Waals surface area contributed by atoms with Crippen LogP contribution in [0.3, 0.4) is 0 Å². The molecule has 71 heavy (non-hydrogen) atoms. The minimum absolute atomic E-state index is 0.00327. The number of rotatable bonds is 23. The van der Waals surface area contributed by atoms with Crippen LogP contribution in [-0.2, 0) is 71.0 Å². The molecule has 3 aromatic carbocycles. The van der Waals surface area contributed by atoms with Crippen molar-refractivity contribution in [2.24, 2.45) is 0 Å². The Balaban J connectivity index is 1.57. The van der Waals surface area contributed by atoms with E-state index in [-0.39, 0.29) is 70.2 Å². The lowest BCUT2D eigenvalue weighted by atomic mass is 9.75. The molecular weight excluding hydrogens is 1060 g/mol. The molecule has 0 saturated carbocycles. The second-order valence-corrected chi connectivity index (χ2v) is 24.4. The van der Waals surface area contributed by atoms with Crippen molar-refractivity contribution in [3.8, 4) is 5.75 Å². The molecule has 2 aliphatic heterocycles. The van der Waals surface area contributed by atoms with E-state index in [0.717, 1.165) is 6.07 Å². The van der Waals surface area contributed by atoms with Crippen LogP contribution in [0, 0.1) is 23.3 Å². The maximum Gasteiger partial charge on any atom is 0.311 e. The number of nitrogens with zero attached hydrogens (tertiary/aromatic N) is 2. The summed E-state index contributed by atoms with van der Waals surface area (Å²) in [6, 6.07) is 7.54. The van der Waals surface area contributed by atoms with Crippen LogP contribution in [0.2, 0.25) is 0 Å². The van der Waals surface area contributed by atoms with Crippen LogP contribution in [0.25, 0.3) is 0 Å². The summed E-state index contributed by atoms with van der Waals surface area (Å²) in [5.41, 5.74) is -0.198. The lowest BCUT2D eigenvalue weighted by Gasteiger charge is -2.30. The number of esters is 1. The third-order valence-electron chi connectivity index (χ3n) is 12.1. The number of methoxy groups -OCH3 is 1. The maximum atomic E-state index is 14.5. The maximum absolute atomic E-state index is 14.5. The number of hydrogen-bond acceptors (Lipinski definition) is 14. The van der Waals surface area contributed by atoms with Crippen LogP contribution in [0.1, 0.15) is 76.3 Å². The summed E-state index contributed by atoms with van der Waals surface area (Å²) in [7, 11) is -22.9. The molecule has 2 heterocycles. The van der Waals surface area contributed by atoms with Crippen molar-refractivity contribution in [2.45, 2.75) is 90.7 Å². The Morgan fingerprint density at radius 3 is 1.75 bits per heavy atom. The highest BCUT2D eigenvalue weighted by Gasteiger charge is 2.49. The first-order valence-electron chi connectivity index (χ1n) is 21.1. The van der Waals surface area contributed by atoms with Crippen LogP contribution in [0.4, 0.5) is 28.9 Å². The second-order valence-electron chi connectivity index (χ2n) is 17.0. The standard InChI is InChI=1S/C42H48F4N2O18S5/c1-41(17-8-22-67(50,51)52)28-24-26(69(56,57)58)13-15-30(28)47(19-6-4-5-12-34(49)66-39-35(43)37(45)40(71(62,63)64)38(46)36(39)44)32(41)10-7-11-33-42(2,18-9-23-68(53,54)55)29-25-27(70(59,60)61)14-16-31(29)48(33)20-21-65-3/h7,10-11,13-16,24-25H,4-6,8-9,12,17-23H2,1-3H3,(H4-,50,51,52,53,54,55,56,57,58,59,60,61,62,63,64)/p+1. The molecule has 0 amide bonds. The molecule has 0 bridgehead atoms. The minimum Gasteiger partial charge on any atom is -0.420 e. The Bertz CT molecular complexity index is 3260. The molecular formula is C42H49F4N2O18S5+. The molecule has 29 heteroatoms. The molecule has 0 spiro atoms. The van der Waals surface area contributed by atoms with Gasteiger partial charge in [0.15, 0.2) is 22.2 Å². The number of hydrogen-bond donors (Lipinski definition) is 5. The SMILES string of the molecule is COCCN1/C(=C/C=C/C2=[N+](CCCCCC(=O)Oc3c(F)c(F)c(S(=O)(=O)O)c(F)c3F)c3ccc(S(=O)(=O)O)cc3C2(C)CCCS(=O)(=O)O)C(C)(CCCS(=O)(=O)O)c2cc(S(=O)(=O)O)ccc21. The van der Waals surface area contributed by atoms with Gasteiger partial charge in [0.25, 0.3) is 40.5 Å². The highest BCUT2D eigenvalue weighted by molar-refractivity contribution is 7.86. The van der Waals surface area contributed by atoms with Gasteiger partial charge in [-0.3, -0.25) is 27.6 Å². The first kappa shape index (κ1) is 57.2. The highest BCUT2D eigenvalue weighted by Crippen LogP contribution is 2.51. The molecule has 0 aliphatic carbocycles. The number of carbonyl (C=O) groups excluding carboxylic acids is 1. The van der Waals surface area contributed by atoms with Crippen LogP contribution in [-0.4, -0.2) is 119 Å². The van der Waals surface area contributed by atoms with Gasteiger partial charge in [-0.15, -0.1) is 0 Å². The van der Waals surface area contributed by atoms with Crippen LogP contribution < -0.4 is 9.64 Å². The predicted octanol–water partition coefficient (Wildman–Crippen LogP) is 5.71. The molecule has 0 aromatic heterocycles. The fourth-order valence-corrected chi connectivity index (χ4v) is 11.5. The minimum atomic E-state index is -5.78. The van der Waals surface area contributed by atoms with E-state index in [0.29, 0.717) is 28.3 Å². The summed E-state index contributed by atoms with van der Waals surface area (Å²) in [5, 5.41) is 0. The van der Waals surface area contributed by atoms with Gasteiger partial charge in [-0.25, -0.2) is 8.78 Å². The van der Waals surface area contributed by atoms with Crippen molar-refractivity contribution < 1.29 is 101 Å². The van der Waals surface area contributed by atoms with Gasteiger partial charge in [-0.1, -0.05) is 6.08 Å². The lowest BCUT2D eigenvalue weighted by Crippen LogP contribution is -2.32. The molecule has 0 radical (unpaired) electrons. The van der Waals surface area contributed by atoms with Gasteiger partial charge in [0.05, 0.1) is 33.3 Å². The molecule has 5 N–H and O–H groups in total. The first-order valence-corrected chi connectivity index (χ1v) is 28.7. The zero-order chi connectivity index (χ0) is 53.3. The second kappa shape index (κ2) is 21.4. The molecule has 0 saturated heterocycles. The molecule has 0 fully saturated rings. The summed E-state index contributed by atoms with van der Waals surface area (Å²) in [4.78, 5) is 11.1. The van der Waals surface area contributed by atoms with Crippen molar-refractivity contribution in [1.82, 2.24) is 0 Å². The topological polar surface area (TPSA) is 314 Å². The number of unbranched alkanes of at least 4 members (excludes halogenated alkanes) is 2. The number of fused-ring (bicyclic) bond motifs is 2. The Morgan fingerprint density at radius 1 is 0.690 bits per heavy atom. The molecule has 392 valence electrons. The van der Waals surface area contributed by atoms with Crippen LogP contribution in [0.15, 0.2) is 75.0 Å². The molecule has 3 aromatic rings. The van der Waals surface area contributed by atoms with E-state index >= 15 is 0 Å². The van der Waals surface area contributed by atoms with E-state index in [1.165, 1.54) is 37.4 Å². The fourth-order valence-electron chi connectivity index (χ4n) is 8.81. The third-order valence-corrected chi connectivity index (χ3v) is 16.3. The van der Waals surface area contributed by atoms with E-state index in [9.17, 15) is 82.7 Å². The van der Waals surface area contributed by atoms with E-state index in [2.05, 4.69) is 4.74 Å².